The van der Waals surface area contributed by atoms with E-state index in [1.165, 1.54) is 0 Å². The molecule has 0 aliphatic carbocycles. The Morgan fingerprint density at radius 3 is 3.00 bits per heavy atom. The van der Waals surface area contributed by atoms with Crippen molar-refractivity contribution in [3.63, 3.8) is 0 Å². The highest BCUT2D eigenvalue weighted by Gasteiger charge is 2.28. The molecular weight excluding hydrogens is 232 g/mol. The number of piperidine rings is 1. The van der Waals surface area contributed by atoms with E-state index in [9.17, 15) is 9.90 Å². The lowest BCUT2D eigenvalue weighted by Crippen LogP contribution is -2.50. The number of carbonyl (C=O) groups excluding carboxylic acids is 1. The van der Waals surface area contributed by atoms with Crippen LogP contribution in [-0.4, -0.2) is 50.9 Å². The number of β-amino-alcohol motifs (C(OH)–C–C–N with tert-alkyl or cyclic N) is 1. The van der Waals surface area contributed by atoms with Crippen LogP contribution in [0.3, 0.4) is 0 Å². The second kappa shape index (κ2) is 5.97. The molecule has 0 saturated carbocycles. The maximum Gasteiger partial charge on any atom is 0.234 e. The number of primary amides is 1. The van der Waals surface area contributed by atoms with Crippen molar-refractivity contribution in [2.24, 2.45) is 5.73 Å². The SMILES string of the molecule is NC(=O)C1CCCCN1CC(O)Cn1cccn1. The van der Waals surface area contributed by atoms with Crippen LogP contribution >= 0.6 is 0 Å². The Hall–Kier alpha value is -1.40. The Kier molecular flexibility index (Phi) is 4.33. The van der Waals surface area contributed by atoms with Crippen molar-refractivity contribution in [3.05, 3.63) is 18.5 Å². The van der Waals surface area contributed by atoms with Gasteiger partial charge in [-0.1, -0.05) is 6.42 Å². The standard InChI is InChI=1S/C12H20N4O2/c13-12(18)11-4-1-2-6-15(11)8-10(17)9-16-7-3-5-14-16/h3,5,7,10-11,17H,1-2,4,6,8-9H2,(H2,13,18). The van der Waals surface area contributed by atoms with Crippen molar-refractivity contribution in [2.45, 2.75) is 38.0 Å². The summed E-state index contributed by atoms with van der Waals surface area (Å²) in [6, 6.07) is 1.59. The molecule has 1 fully saturated rings. The average Bonchev–Trinajstić information content (AvgIpc) is 2.82. The number of aromatic nitrogens is 2. The fourth-order valence-corrected chi connectivity index (χ4v) is 2.48. The summed E-state index contributed by atoms with van der Waals surface area (Å²) >= 11 is 0. The molecule has 1 saturated heterocycles. The molecule has 2 unspecified atom stereocenters. The predicted octanol–water partition coefficient (Wildman–Crippen LogP) is -0.416. The third-order valence-electron chi connectivity index (χ3n) is 3.34. The summed E-state index contributed by atoms with van der Waals surface area (Å²) in [5.41, 5.74) is 5.39. The zero-order chi connectivity index (χ0) is 13.0. The number of nitrogens with zero attached hydrogens (tertiary/aromatic N) is 3. The second-order valence-corrected chi connectivity index (χ2v) is 4.79. The van der Waals surface area contributed by atoms with Crippen LogP contribution in [0, 0.1) is 0 Å². The molecule has 0 spiro atoms. The van der Waals surface area contributed by atoms with E-state index < -0.39 is 6.10 Å². The van der Waals surface area contributed by atoms with E-state index in [4.69, 9.17) is 5.73 Å². The van der Waals surface area contributed by atoms with E-state index in [1.54, 1.807) is 10.9 Å². The van der Waals surface area contributed by atoms with Gasteiger partial charge in [0.1, 0.15) is 0 Å². The maximum atomic E-state index is 11.3. The molecule has 1 aliphatic heterocycles. The number of aliphatic hydroxyl groups excluding tert-OH is 1. The van der Waals surface area contributed by atoms with Gasteiger partial charge < -0.3 is 10.8 Å². The summed E-state index contributed by atoms with van der Waals surface area (Å²) in [5, 5.41) is 14.1. The van der Waals surface area contributed by atoms with Crippen molar-refractivity contribution in [1.82, 2.24) is 14.7 Å². The minimum Gasteiger partial charge on any atom is -0.390 e. The summed E-state index contributed by atoms with van der Waals surface area (Å²) in [4.78, 5) is 13.3. The van der Waals surface area contributed by atoms with Gasteiger partial charge in [-0.05, 0) is 25.5 Å². The first-order valence-electron chi connectivity index (χ1n) is 6.35. The van der Waals surface area contributed by atoms with E-state index >= 15 is 0 Å². The van der Waals surface area contributed by atoms with Gasteiger partial charge in [0.2, 0.25) is 5.91 Å². The first-order chi connectivity index (χ1) is 8.66. The lowest BCUT2D eigenvalue weighted by Gasteiger charge is -2.34. The molecule has 3 N–H and O–H groups in total. The van der Waals surface area contributed by atoms with E-state index in [-0.39, 0.29) is 11.9 Å². The van der Waals surface area contributed by atoms with Crippen LogP contribution in [0.4, 0.5) is 0 Å². The van der Waals surface area contributed by atoms with Gasteiger partial charge in [-0.15, -0.1) is 0 Å². The van der Waals surface area contributed by atoms with Crippen LogP contribution in [0.2, 0.25) is 0 Å². The molecule has 2 rings (SSSR count). The van der Waals surface area contributed by atoms with E-state index in [0.29, 0.717) is 13.1 Å². The normalized spacial score (nSPS) is 22.8. The first kappa shape index (κ1) is 13.0. The number of aliphatic hydroxyl groups is 1. The smallest absolute Gasteiger partial charge is 0.234 e. The summed E-state index contributed by atoms with van der Waals surface area (Å²) in [5.74, 6) is -0.291. The number of rotatable bonds is 5. The zero-order valence-electron chi connectivity index (χ0n) is 10.4. The van der Waals surface area contributed by atoms with Gasteiger partial charge in [0.15, 0.2) is 0 Å². The Labute approximate surface area is 106 Å². The van der Waals surface area contributed by atoms with Crippen LogP contribution in [0.25, 0.3) is 0 Å². The van der Waals surface area contributed by atoms with E-state index in [2.05, 4.69) is 5.10 Å². The molecule has 1 aromatic rings. The molecule has 18 heavy (non-hydrogen) atoms. The van der Waals surface area contributed by atoms with Crippen molar-refractivity contribution in [2.75, 3.05) is 13.1 Å². The first-order valence-corrected chi connectivity index (χ1v) is 6.35. The van der Waals surface area contributed by atoms with Crippen molar-refractivity contribution >= 4 is 5.91 Å². The number of nitrogens with two attached hydrogens (primary N) is 1. The molecule has 0 bridgehead atoms. The fraction of sp³-hybridized carbons (Fsp3) is 0.667. The topological polar surface area (TPSA) is 84.4 Å². The summed E-state index contributed by atoms with van der Waals surface area (Å²) in [7, 11) is 0. The Morgan fingerprint density at radius 2 is 2.33 bits per heavy atom. The molecule has 6 nitrogen and oxygen atoms in total. The maximum absolute atomic E-state index is 11.3. The average molecular weight is 252 g/mol. The predicted molar refractivity (Wildman–Crippen MR) is 66.6 cm³/mol. The summed E-state index contributed by atoms with van der Waals surface area (Å²) in [6.07, 6.45) is 5.83. The lowest BCUT2D eigenvalue weighted by molar-refractivity contribution is -0.125. The minimum atomic E-state index is -0.537. The number of amides is 1. The monoisotopic (exact) mass is 252 g/mol. The highest BCUT2D eigenvalue weighted by molar-refractivity contribution is 5.79. The van der Waals surface area contributed by atoms with Gasteiger partial charge >= 0.3 is 0 Å². The van der Waals surface area contributed by atoms with Crippen LogP contribution < -0.4 is 5.73 Å². The van der Waals surface area contributed by atoms with E-state index in [1.807, 2.05) is 17.2 Å². The fourth-order valence-electron chi connectivity index (χ4n) is 2.48. The van der Waals surface area contributed by atoms with Crippen molar-refractivity contribution < 1.29 is 9.90 Å². The van der Waals surface area contributed by atoms with Gasteiger partial charge in [-0.3, -0.25) is 14.4 Å². The van der Waals surface area contributed by atoms with Crippen molar-refractivity contribution in [3.8, 4) is 0 Å². The molecule has 6 heteroatoms. The van der Waals surface area contributed by atoms with Gasteiger partial charge in [-0.25, -0.2) is 0 Å². The number of hydrogen-bond donors (Lipinski definition) is 2. The Morgan fingerprint density at radius 1 is 1.50 bits per heavy atom. The van der Waals surface area contributed by atoms with Crippen LogP contribution in [-0.2, 0) is 11.3 Å². The van der Waals surface area contributed by atoms with Crippen LogP contribution in [0.1, 0.15) is 19.3 Å². The molecular formula is C12H20N4O2. The Bertz CT molecular complexity index is 379. The number of hydrogen-bond acceptors (Lipinski definition) is 4. The highest BCUT2D eigenvalue weighted by atomic mass is 16.3. The molecule has 1 aromatic heterocycles. The van der Waals surface area contributed by atoms with Crippen LogP contribution in [0.15, 0.2) is 18.5 Å². The molecule has 0 aromatic carbocycles. The molecule has 1 aliphatic rings. The molecule has 100 valence electrons. The molecule has 2 heterocycles. The third-order valence-corrected chi connectivity index (χ3v) is 3.34. The lowest BCUT2D eigenvalue weighted by atomic mass is 10.0. The van der Waals surface area contributed by atoms with Gasteiger partial charge in [-0.2, -0.15) is 5.10 Å². The van der Waals surface area contributed by atoms with Gasteiger partial charge in [0.25, 0.3) is 0 Å². The summed E-state index contributed by atoms with van der Waals surface area (Å²) in [6.45, 7) is 1.73. The largest absolute Gasteiger partial charge is 0.390 e. The molecule has 1 amide bonds. The zero-order valence-corrected chi connectivity index (χ0v) is 10.4. The third kappa shape index (κ3) is 3.30. The molecule has 0 radical (unpaired) electrons. The second-order valence-electron chi connectivity index (χ2n) is 4.79. The highest BCUT2D eigenvalue weighted by Crippen LogP contribution is 2.17. The number of likely N-dealkylation sites (tertiary alicyclic amines) is 1. The minimum absolute atomic E-state index is 0.231. The number of carbonyl (C=O) groups is 1. The van der Waals surface area contributed by atoms with Gasteiger partial charge in [0, 0.05) is 18.9 Å². The van der Waals surface area contributed by atoms with Gasteiger partial charge in [0.05, 0.1) is 18.7 Å². The Balaban J connectivity index is 1.88. The van der Waals surface area contributed by atoms with Crippen LogP contribution in [0.5, 0.6) is 0 Å². The molecule has 2 atom stereocenters. The van der Waals surface area contributed by atoms with Crippen molar-refractivity contribution in [1.29, 1.82) is 0 Å². The summed E-state index contributed by atoms with van der Waals surface area (Å²) < 4.78 is 1.69. The quantitative estimate of drug-likeness (QED) is 0.745. The van der Waals surface area contributed by atoms with E-state index in [0.717, 1.165) is 25.8 Å².